The minimum absolute atomic E-state index is 0.00561. The number of ether oxygens (including phenoxy) is 2. The average molecular weight is 572 g/mol. The van der Waals surface area contributed by atoms with E-state index in [4.69, 9.17) is 13.9 Å². The Labute approximate surface area is 235 Å². The van der Waals surface area contributed by atoms with E-state index in [1.807, 2.05) is 24.3 Å². The highest BCUT2D eigenvalue weighted by molar-refractivity contribution is 6.74. The number of hydrogen-bond acceptors (Lipinski definition) is 8. The maximum atomic E-state index is 12.7. The van der Waals surface area contributed by atoms with Gasteiger partial charge in [-0.25, -0.2) is 4.98 Å². The molecule has 3 aromatic rings. The molecule has 1 aromatic carbocycles. The minimum atomic E-state index is -2.12. The molecule has 0 bridgehead atoms. The number of fused-ring (bicyclic) bond motifs is 1. The molecule has 0 saturated carbocycles. The smallest absolute Gasteiger partial charge is 0.280 e. The number of nitrogens with zero attached hydrogens (tertiary/aromatic N) is 3. The molecule has 218 valence electrons. The van der Waals surface area contributed by atoms with Crippen LogP contribution in [0.15, 0.2) is 35.4 Å². The van der Waals surface area contributed by atoms with E-state index >= 15 is 0 Å². The molecule has 1 aliphatic heterocycles. The number of aromatic amines is 1. The number of aromatic nitrogens is 4. The summed E-state index contributed by atoms with van der Waals surface area (Å²) in [7, 11) is -2.12. The lowest BCUT2D eigenvalue weighted by Crippen LogP contribution is -2.46. The second-order valence-electron chi connectivity index (χ2n) is 12.8. The second kappa shape index (κ2) is 11.1. The van der Waals surface area contributed by atoms with Crippen LogP contribution in [0.2, 0.25) is 18.1 Å². The maximum Gasteiger partial charge on any atom is 0.280 e. The lowest BCUT2D eigenvalue weighted by molar-refractivity contribution is -0.118. The summed E-state index contributed by atoms with van der Waals surface area (Å²) in [6.07, 6.45) is 0.559. The van der Waals surface area contributed by atoms with Gasteiger partial charge in [0.15, 0.2) is 26.1 Å². The number of hydrogen-bond donors (Lipinski definition) is 3. The van der Waals surface area contributed by atoms with Gasteiger partial charge in [-0.2, -0.15) is 4.98 Å². The molecule has 3 atom stereocenters. The molecule has 0 radical (unpaired) electrons. The first-order valence-electron chi connectivity index (χ1n) is 13.5. The number of H-pyrrole nitrogens is 1. The van der Waals surface area contributed by atoms with Gasteiger partial charge in [-0.15, -0.1) is 0 Å². The molecule has 1 fully saturated rings. The fourth-order valence-electron chi connectivity index (χ4n) is 4.28. The van der Waals surface area contributed by atoms with Crippen molar-refractivity contribution >= 4 is 31.3 Å². The Balaban J connectivity index is 1.47. The van der Waals surface area contributed by atoms with Crippen molar-refractivity contribution in [2.24, 2.45) is 0 Å². The summed E-state index contributed by atoms with van der Waals surface area (Å²) in [5.41, 5.74) is 1.05. The molecular formula is C28H41N5O6Si. The van der Waals surface area contributed by atoms with E-state index in [1.165, 1.54) is 6.33 Å². The zero-order valence-electron chi connectivity index (χ0n) is 24.6. The van der Waals surface area contributed by atoms with Crippen molar-refractivity contribution in [3.8, 4) is 5.75 Å². The first-order valence-corrected chi connectivity index (χ1v) is 16.4. The fourth-order valence-corrected chi connectivity index (χ4v) is 5.64. The molecule has 3 heterocycles. The van der Waals surface area contributed by atoms with Gasteiger partial charge in [0.25, 0.3) is 11.5 Å². The lowest BCUT2D eigenvalue weighted by atomic mass is 9.87. The van der Waals surface area contributed by atoms with Crippen LogP contribution in [0.5, 0.6) is 5.75 Å². The largest absolute Gasteiger partial charge is 0.484 e. The normalized spacial score (nSPS) is 20.2. The molecule has 0 unspecified atom stereocenters. The molecular weight excluding hydrogens is 530 g/mol. The Morgan fingerprint density at radius 3 is 2.48 bits per heavy atom. The number of carbonyl (C=O) groups is 1. The summed E-state index contributed by atoms with van der Waals surface area (Å²) in [6, 6.07) is 7.58. The molecule has 4 rings (SSSR count). The van der Waals surface area contributed by atoms with Crippen LogP contribution < -0.4 is 15.6 Å². The van der Waals surface area contributed by atoms with Gasteiger partial charge in [-0.05, 0) is 41.2 Å². The zero-order chi connectivity index (χ0) is 29.5. The van der Waals surface area contributed by atoms with Gasteiger partial charge in [0, 0.05) is 6.42 Å². The van der Waals surface area contributed by atoms with E-state index in [0.717, 1.165) is 5.56 Å². The topological polar surface area (TPSA) is 141 Å². The highest BCUT2D eigenvalue weighted by Crippen LogP contribution is 2.41. The van der Waals surface area contributed by atoms with Crippen molar-refractivity contribution in [1.29, 1.82) is 0 Å². The summed E-state index contributed by atoms with van der Waals surface area (Å²) in [6.45, 7) is 16.7. The number of imidazole rings is 1. The number of aliphatic hydroxyl groups excluding tert-OH is 1. The third kappa shape index (κ3) is 6.46. The molecule has 2 aromatic heterocycles. The number of amides is 1. The SMILES string of the molecule is CC(C)(C)c1ccc(OCC(=O)Nc2nc3c(ncn3[C@H]3C[C@H](O[Si](C)(C)C(C)(C)C)[C@@H](CO)O3)c(=O)[nH]2)cc1. The van der Waals surface area contributed by atoms with Crippen molar-refractivity contribution < 1.29 is 23.8 Å². The predicted octanol–water partition coefficient (Wildman–Crippen LogP) is 4.10. The standard InChI is InChI=1S/C28H41N5O6Si/c1-27(2,3)17-9-11-18(12-10-17)37-15-21(35)30-26-31-24-23(25(36)32-26)29-16-33(24)22-13-19(20(14-34)38-22)39-40(7,8)28(4,5)6/h9-12,16,19-20,22,34H,13-15H2,1-8H3,(H2,30,31,32,35,36)/t19-,20+,22+/m0/s1. The molecule has 1 aliphatic rings. The van der Waals surface area contributed by atoms with Crippen molar-refractivity contribution in [3.63, 3.8) is 0 Å². The molecule has 0 spiro atoms. The van der Waals surface area contributed by atoms with Crippen molar-refractivity contribution in [2.45, 2.75) is 89.9 Å². The summed E-state index contributed by atoms with van der Waals surface area (Å²) in [5.74, 6) is 0.0555. The van der Waals surface area contributed by atoms with Crippen LogP contribution in [-0.4, -0.2) is 64.3 Å². The van der Waals surface area contributed by atoms with Crippen molar-refractivity contribution in [2.75, 3.05) is 18.5 Å². The van der Waals surface area contributed by atoms with Crippen LogP contribution in [0, 0.1) is 0 Å². The number of carbonyl (C=O) groups excluding carboxylic acids is 1. The average Bonchev–Trinajstić information content (AvgIpc) is 3.45. The summed E-state index contributed by atoms with van der Waals surface area (Å²) < 4.78 is 19.9. The van der Waals surface area contributed by atoms with Gasteiger partial charge >= 0.3 is 0 Å². The Kier molecular flexibility index (Phi) is 8.28. The maximum absolute atomic E-state index is 12.7. The van der Waals surface area contributed by atoms with Crippen LogP contribution in [0.25, 0.3) is 11.2 Å². The number of aliphatic hydroxyl groups is 1. The van der Waals surface area contributed by atoms with E-state index < -0.39 is 32.1 Å². The van der Waals surface area contributed by atoms with E-state index in [1.54, 1.807) is 4.57 Å². The number of nitrogens with one attached hydrogen (secondary N) is 2. The van der Waals surface area contributed by atoms with Gasteiger partial charge in [-0.3, -0.25) is 24.5 Å². The van der Waals surface area contributed by atoms with E-state index in [2.05, 4.69) is 74.9 Å². The zero-order valence-corrected chi connectivity index (χ0v) is 25.6. The molecule has 1 saturated heterocycles. The van der Waals surface area contributed by atoms with E-state index in [9.17, 15) is 14.7 Å². The van der Waals surface area contributed by atoms with Crippen LogP contribution in [0.3, 0.4) is 0 Å². The Bertz CT molecular complexity index is 1400. The third-order valence-electron chi connectivity index (χ3n) is 7.70. The highest BCUT2D eigenvalue weighted by atomic mass is 28.4. The van der Waals surface area contributed by atoms with Crippen LogP contribution >= 0.6 is 0 Å². The first kappa shape index (κ1) is 29.9. The Morgan fingerprint density at radius 2 is 1.88 bits per heavy atom. The van der Waals surface area contributed by atoms with E-state index in [0.29, 0.717) is 12.2 Å². The van der Waals surface area contributed by atoms with Crippen molar-refractivity contribution in [3.05, 3.63) is 46.5 Å². The molecule has 0 aliphatic carbocycles. The third-order valence-corrected chi connectivity index (χ3v) is 12.2. The van der Waals surface area contributed by atoms with Gasteiger partial charge in [0.05, 0.1) is 19.0 Å². The summed E-state index contributed by atoms with van der Waals surface area (Å²) >= 11 is 0. The van der Waals surface area contributed by atoms with Gasteiger partial charge in [-0.1, -0.05) is 53.7 Å². The first-order chi connectivity index (χ1) is 18.6. The predicted molar refractivity (Wildman–Crippen MR) is 155 cm³/mol. The van der Waals surface area contributed by atoms with Crippen LogP contribution in [0.1, 0.15) is 59.8 Å². The van der Waals surface area contributed by atoms with Crippen molar-refractivity contribution in [1.82, 2.24) is 19.5 Å². The quantitative estimate of drug-likeness (QED) is 0.343. The lowest BCUT2D eigenvalue weighted by Gasteiger charge is -2.39. The summed E-state index contributed by atoms with van der Waals surface area (Å²) in [4.78, 5) is 36.5. The van der Waals surface area contributed by atoms with Crippen LogP contribution in [0.4, 0.5) is 5.95 Å². The van der Waals surface area contributed by atoms with Crippen LogP contribution in [-0.2, 0) is 19.4 Å². The monoisotopic (exact) mass is 571 g/mol. The molecule has 3 N–H and O–H groups in total. The van der Waals surface area contributed by atoms with Gasteiger partial charge < -0.3 is 19.0 Å². The number of anilines is 1. The van der Waals surface area contributed by atoms with Gasteiger partial charge in [0.2, 0.25) is 5.95 Å². The molecule has 11 nitrogen and oxygen atoms in total. The molecule has 1 amide bonds. The fraction of sp³-hybridized carbons (Fsp3) is 0.571. The minimum Gasteiger partial charge on any atom is -0.484 e. The summed E-state index contributed by atoms with van der Waals surface area (Å²) in [5, 5.41) is 12.6. The Hall–Kier alpha value is -3.06. The van der Waals surface area contributed by atoms with Gasteiger partial charge in [0.1, 0.15) is 18.1 Å². The Morgan fingerprint density at radius 1 is 1.20 bits per heavy atom. The number of benzene rings is 1. The van der Waals surface area contributed by atoms with E-state index in [-0.39, 0.29) is 46.9 Å². The second-order valence-corrected chi connectivity index (χ2v) is 17.6. The number of rotatable bonds is 8. The highest BCUT2D eigenvalue weighted by Gasteiger charge is 2.45. The molecule has 40 heavy (non-hydrogen) atoms. The molecule has 12 heteroatoms.